The van der Waals surface area contributed by atoms with E-state index in [-0.39, 0.29) is 0 Å². The minimum Gasteiger partial charge on any atom is -0.0651 e. The molecule has 0 bridgehead atoms. The summed E-state index contributed by atoms with van der Waals surface area (Å²) in [6.45, 7) is 37.9. The molecule has 0 aliphatic heterocycles. The summed E-state index contributed by atoms with van der Waals surface area (Å²) < 4.78 is 0. The van der Waals surface area contributed by atoms with E-state index in [0.717, 1.165) is 36.0 Å². The van der Waals surface area contributed by atoms with Crippen LogP contribution < -0.4 is 0 Å². The number of aryl methyl sites for hydroxylation is 2. The molecule has 0 aromatic heterocycles. The summed E-state index contributed by atoms with van der Waals surface area (Å²) in [5.41, 5.74) is 3.77. The zero-order valence-corrected chi connectivity index (χ0v) is 39.7. The Labute approximate surface area is 337 Å². The summed E-state index contributed by atoms with van der Waals surface area (Å²) in [4.78, 5) is 0. The molecule has 4 aliphatic carbocycles. The van der Waals surface area contributed by atoms with Gasteiger partial charge < -0.3 is 0 Å². The van der Waals surface area contributed by atoms with Gasteiger partial charge in [0, 0.05) is 0 Å². The summed E-state index contributed by atoms with van der Waals surface area (Å²) >= 11 is 0. The molecule has 4 saturated carbocycles. The van der Waals surface area contributed by atoms with Crippen molar-refractivity contribution in [1.82, 2.24) is 0 Å². The van der Waals surface area contributed by atoms with Crippen LogP contribution in [0.3, 0.4) is 0 Å². The standard InChI is InChI=1S/C8H10.C7H14.C7H8.C6H12.C6H14.C5H10.2C5H12.C4H8/c1-2-8-6-4-3-5-7-8;2*1-7-5-3-2-4-6-7;1-6-4-2-3-5-6;1-5-6(2,3)4;1-5-3-2-4-5;1-5(2,3)4;1-4-5(2)3;1-4-2-3-4/h3-7H,2H2,1H3;7H,2-6H2,1H3;2-6H,1H3;6H,2-5H2,1H3;5H2,1-4H3;5H,2-4H2,1H3;1-4H3;5H,4H2,1-3H3;4H,2-3H2,1H3. The average molecular weight is 737 g/mol. The van der Waals surface area contributed by atoms with Crippen LogP contribution in [0.4, 0.5) is 0 Å². The van der Waals surface area contributed by atoms with Gasteiger partial charge >= 0.3 is 0 Å². The van der Waals surface area contributed by atoms with E-state index in [2.05, 4.69) is 154 Å². The Morgan fingerprint density at radius 1 is 0.491 bits per heavy atom. The molecule has 0 N–H and O–H groups in total. The van der Waals surface area contributed by atoms with Crippen molar-refractivity contribution >= 4 is 0 Å². The van der Waals surface area contributed by atoms with Crippen molar-refractivity contribution < 1.29 is 0 Å². The second-order valence-corrected chi connectivity index (χ2v) is 20.1. The van der Waals surface area contributed by atoms with Gasteiger partial charge in [0.1, 0.15) is 0 Å². The minimum atomic E-state index is 0.500. The molecule has 2 aromatic rings. The van der Waals surface area contributed by atoms with Gasteiger partial charge in [-0.3, -0.25) is 0 Å². The van der Waals surface area contributed by atoms with Gasteiger partial charge in [0.15, 0.2) is 0 Å². The zero-order valence-electron chi connectivity index (χ0n) is 39.7. The number of rotatable bonds is 2. The highest BCUT2D eigenvalue weighted by Crippen LogP contribution is 2.27. The second kappa shape index (κ2) is 36.1. The first-order valence-electron chi connectivity index (χ1n) is 22.8. The van der Waals surface area contributed by atoms with Crippen molar-refractivity contribution in [2.24, 2.45) is 40.4 Å². The van der Waals surface area contributed by atoms with Crippen molar-refractivity contribution in [1.29, 1.82) is 0 Å². The summed E-state index contributed by atoms with van der Waals surface area (Å²) in [6, 6.07) is 20.7. The number of benzene rings is 2. The van der Waals surface area contributed by atoms with Crippen LogP contribution in [-0.4, -0.2) is 0 Å². The molecule has 2 aromatic carbocycles. The van der Waals surface area contributed by atoms with Crippen molar-refractivity contribution in [3.63, 3.8) is 0 Å². The molecular weight excluding hydrogens is 637 g/mol. The molecule has 0 heteroatoms. The molecule has 4 aliphatic rings. The maximum atomic E-state index is 2.36. The third kappa shape index (κ3) is 57.3. The lowest BCUT2D eigenvalue weighted by molar-refractivity contribution is 0.346. The topological polar surface area (TPSA) is 0 Å². The molecule has 0 spiro atoms. The third-order valence-electron chi connectivity index (χ3n) is 9.87. The van der Waals surface area contributed by atoms with Gasteiger partial charge in [-0.25, -0.2) is 0 Å². The van der Waals surface area contributed by atoms with Crippen LogP contribution in [0.1, 0.15) is 225 Å². The molecule has 0 heterocycles. The molecule has 6 rings (SSSR count). The van der Waals surface area contributed by atoms with Crippen molar-refractivity contribution in [3.8, 4) is 0 Å². The molecule has 0 saturated heterocycles. The fraction of sp³-hybridized carbons (Fsp3) is 0.774. The zero-order chi connectivity index (χ0) is 41.1. The minimum absolute atomic E-state index is 0.500. The van der Waals surface area contributed by atoms with E-state index in [9.17, 15) is 0 Å². The molecule has 312 valence electrons. The van der Waals surface area contributed by atoms with E-state index in [1.165, 1.54) is 114 Å². The van der Waals surface area contributed by atoms with Gasteiger partial charge in [0.25, 0.3) is 0 Å². The molecule has 4 fully saturated rings. The monoisotopic (exact) mass is 737 g/mol. The van der Waals surface area contributed by atoms with Crippen molar-refractivity contribution in [3.05, 3.63) is 71.8 Å². The normalized spacial score (nSPS) is 16.6. The predicted octanol–water partition coefficient (Wildman–Crippen LogP) is 18.8. The maximum absolute atomic E-state index is 2.36. The Bertz CT molecular complexity index is 927. The largest absolute Gasteiger partial charge is 0.0651 e. The summed E-state index contributed by atoms with van der Waals surface area (Å²) in [7, 11) is 0. The first-order chi connectivity index (χ1) is 24.7. The van der Waals surface area contributed by atoms with Gasteiger partial charge in [-0.2, -0.15) is 0 Å². The Morgan fingerprint density at radius 3 is 0.887 bits per heavy atom. The van der Waals surface area contributed by atoms with Crippen LogP contribution in [-0.2, 0) is 6.42 Å². The highest BCUT2D eigenvalue weighted by atomic mass is 14.2. The van der Waals surface area contributed by atoms with E-state index >= 15 is 0 Å². The van der Waals surface area contributed by atoms with E-state index in [0.29, 0.717) is 10.8 Å². The first kappa shape index (κ1) is 55.8. The van der Waals surface area contributed by atoms with Crippen LogP contribution >= 0.6 is 0 Å². The Morgan fingerprint density at radius 2 is 0.774 bits per heavy atom. The molecule has 0 atom stereocenters. The molecule has 0 nitrogen and oxygen atoms in total. The van der Waals surface area contributed by atoms with E-state index in [4.69, 9.17) is 0 Å². The number of hydrogen-bond acceptors (Lipinski definition) is 0. The molecule has 0 radical (unpaired) electrons. The second-order valence-electron chi connectivity index (χ2n) is 20.1. The van der Waals surface area contributed by atoms with Gasteiger partial charge in [0.05, 0.1) is 0 Å². The van der Waals surface area contributed by atoms with Crippen LogP contribution in [0.5, 0.6) is 0 Å². The molecule has 0 unspecified atom stereocenters. The van der Waals surface area contributed by atoms with Crippen molar-refractivity contribution in [2.45, 2.75) is 227 Å². The smallest absolute Gasteiger partial charge is 0.0307 e. The van der Waals surface area contributed by atoms with E-state index < -0.39 is 0 Å². The Kier molecular flexibility index (Phi) is 38.0. The van der Waals surface area contributed by atoms with E-state index in [1.807, 2.05) is 24.3 Å². The maximum Gasteiger partial charge on any atom is -0.0307 e. The fourth-order valence-corrected chi connectivity index (χ4v) is 4.46. The van der Waals surface area contributed by atoms with Crippen molar-refractivity contribution in [2.75, 3.05) is 0 Å². The van der Waals surface area contributed by atoms with Gasteiger partial charge in [0.2, 0.25) is 0 Å². The third-order valence-corrected chi connectivity index (χ3v) is 9.87. The van der Waals surface area contributed by atoms with Crippen LogP contribution in [0.2, 0.25) is 0 Å². The fourth-order valence-electron chi connectivity index (χ4n) is 4.46. The Hall–Kier alpha value is -1.56. The van der Waals surface area contributed by atoms with Crippen LogP contribution in [0, 0.1) is 47.3 Å². The lowest BCUT2D eigenvalue weighted by atomic mass is 9.88. The molecular formula is C53H100. The Balaban J connectivity index is -0.000000534. The van der Waals surface area contributed by atoms with Crippen LogP contribution in [0.25, 0.3) is 0 Å². The SMILES string of the molecule is CC(C)(C)C.CC1CC1.CC1CCC1.CC1CCCC1.CC1CCCCC1.CCC(C)(C)C.CCC(C)C.CCc1ccccc1.Cc1ccccc1. The molecule has 0 amide bonds. The summed E-state index contributed by atoms with van der Waals surface area (Å²) in [5.74, 6) is 5.11. The van der Waals surface area contributed by atoms with Gasteiger partial charge in [-0.15, -0.1) is 0 Å². The summed E-state index contributed by atoms with van der Waals surface area (Å²) in [5, 5.41) is 0. The highest BCUT2D eigenvalue weighted by molar-refractivity contribution is 5.14. The lowest BCUT2D eigenvalue weighted by Crippen LogP contribution is -2.04. The molecule has 53 heavy (non-hydrogen) atoms. The first-order valence-corrected chi connectivity index (χ1v) is 22.8. The highest BCUT2D eigenvalue weighted by Gasteiger charge is 2.12. The average Bonchev–Trinajstić information content (AvgIpc) is 3.74. The van der Waals surface area contributed by atoms with E-state index in [1.54, 1.807) is 0 Å². The van der Waals surface area contributed by atoms with Gasteiger partial charge in [-0.05, 0) is 59.3 Å². The predicted molar refractivity (Wildman–Crippen MR) is 248 cm³/mol. The van der Waals surface area contributed by atoms with Crippen LogP contribution in [0.15, 0.2) is 60.7 Å². The number of hydrogen-bond donors (Lipinski definition) is 0. The summed E-state index contributed by atoms with van der Waals surface area (Å²) in [6.07, 6.45) is 24.5. The quantitative estimate of drug-likeness (QED) is 0.288. The van der Waals surface area contributed by atoms with Gasteiger partial charge in [-0.1, -0.05) is 280 Å². The lowest BCUT2D eigenvalue weighted by Gasteiger charge is -2.18.